The van der Waals surface area contributed by atoms with Gasteiger partial charge in [0.2, 0.25) is 5.91 Å². The Hall–Kier alpha value is -2.50. The van der Waals surface area contributed by atoms with E-state index in [1.54, 1.807) is 6.20 Å². The number of hydrogen-bond acceptors (Lipinski definition) is 4. The number of nitrogens with one attached hydrogen (secondary N) is 1. The number of carbonyl (C=O) groups is 1. The summed E-state index contributed by atoms with van der Waals surface area (Å²) in [4.78, 5) is 28.2. The topological polar surface area (TPSA) is 76.9 Å². The summed E-state index contributed by atoms with van der Waals surface area (Å²) < 4.78 is 1.18. The predicted octanol–water partition coefficient (Wildman–Crippen LogP) is 1.44. The van der Waals surface area contributed by atoms with Gasteiger partial charge in [-0.15, -0.1) is 0 Å². The molecule has 2 heterocycles. The van der Waals surface area contributed by atoms with Gasteiger partial charge in [-0.05, 0) is 44.9 Å². The zero-order valence-corrected chi connectivity index (χ0v) is 13.3. The van der Waals surface area contributed by atoms with Crippen LogP contribution in [0.25, 0.3) is 0 Å². The summed E-state index contributed by atoms with van der Waals surface area (Å²) >= 11 is 0. The van der Waals surface area contributed by atoms with Crippen LogP contribution in [0.1, 0.15) is 35.5 Å². The van der Waals surface area contributed by atoms with Gasteiger partial charge in [0.1, 0.15) is 6.54 Å². The van der Waals surface area contributed by atoms with Crippen molar-refractivity contribution in [2.75, 3.05) is 0 Å². The van der Waals surface area contributed by atoms with E-state index < -0.39 is 0 Å². The van der Waals surface area contributed by atoms with Crippen LogP contribution in [-0.4, -0.2) is 20.7 Å². The van der Waals surface area contributed by atoms with Crippen LogP contribution in [0.4, 0.5) is 0 Å². The number of hydrogen-bond donors (Lipinski definition) is 1. The molecule has 2 aromatic heterocycles. The van der Waals surface area contributed by atoms with E-state index in [1.165, 1.54) is 10.7 Å². The Balaban J connectivity index is 2.09. The molecule has 0 aliphatic rings. The van der Waals surface area contributed by atoms with E-state index in [9.17, 15) is 9.59 Å². The van der Waals surface area contributed by atoms with Gasteiger partial charge in [-0.3, -0.25) is 14.6 Å². The highest BCUT2D eigenvalue weighted by Crippen LogP contribution is 2.13. The first-order valence-electron chi connectivity index (χ1n) is 7.14. The number of aryl methyl sites for hydroxylation is 3. The average Bonchev–Trinajstić information content (AvgIpc) is 2.45. The van der Waals surface area contributed by atoms with Gasteiger partial charge in [-0.1, -0.05) is 6.07 Å². The quantitative estimate of drug-likeness (QED) is 0.927. The summed E-state index contributed by atoms with van der Waals surface area (Å²) in [5, 5.41) is 6.98. The van der Waals surface area contributed by atoms with E-state index in [2.05, 4.69) is 15.4 Å². The number of aromatic nitrogens is 3. The maximum Gasteiger partial charge on any atom is 0.267 e. The lowest BCUT2D eigenvalue weighted by atomic mass is 10.1. The first-order chi connectivity index (χ1) is 10.4. The highest BCUT2D eigenvalue weighted by Gasteiger charge is 2.14. The second-order valence-corrected chi connectivity index (χ2v) is 5.40. The van der Waals surface area contributed by atoms with E-state index >= 15 is 0 Å². The molecule has 0 aliphatic carbocycles. The molecule has 22 heavy (non-hydrogen) atoms. The Morgan fingerprint density at radius 2 is 2.05 bits per heavy atom. The van der Waals surface area contributed by atoms with Crippen LogP contribution in [0, 0.1) is 20.8 Å². The molecule has 0 spiro atoms. The molecule has 0 saturated carbocycles. The third kappa shape index (κ3) is 3.58. The van der Waals surface area contributed by atoms with Crippen molar-refractivity contribution < 1.29 is 4.79 Å². The summed E-state index contributed by atoms with van der Waals surface area (Å²) in [5.41, 5.74) is 3.10. The van der Waals surface area contributed by atoms with Gasteiger partial charge in [0.05, 0.1) is 17.4 Å². The van der Waals surface area contributed by atoms with Gasteiger partial charge in [-0.2, -0.15) is 5.10 Å². The van der Waals surface area contributed by atoms with Crippen LogP contribution >= 0.6 is 0 Å². The molecule has 1 N–H and O–H groups in total. The molecule has 2 rings (SSSR count). The Bertz CT molecular complexity index is 752. The zero-order valence-electron chi connectivity index (χ0n) is 13.3. The first-order valence-corrected chi connectivity index (χ1v) is 7.14. The number of amides is 1. The predicted molar refractivity (Wildman–Crippen MR) is 83.5 cm³/mol. The standard InChI is InChI=1S/C16H20N4O2/c1-10-6-5-7-17-16(10)13(4)18-14(21)9-20-15(22)8-11(2)12(3)19-20/h5-8,13H,9H2,1-4H3,(H,18,21). The van der Waals surface area contributed by atoms with Gasteiger partial charge >= 0.3 is 0 Å². The second-order valence-electron chi connectivity index (χ2n) is 5.40. The molecule has 6 heteroatoms. The number of carbonyl (C=O) groups excluding carboxylic acids is 1. The van der Waals surface area contributed by atoms with Crippen molar-refractivity contribution in [2.24, 2.45) is 0 Å². The van der Waals surface area contributed by atoms with Gasteiger partial charge in [0.15, 0.2) is 0 Å². The van der Waals surface area contributed by atoms with Gasteiger partial charge < -0.3 is 5.32 Å². The Morgan fingerprint density at radius 1 is 1.32 bits per heavy atom. The lowest BCUT2D eigenvalue weighted by Crippen LogP contribution is -2.35. The summed E-state index contributed by atoms with van der Waals surface area (Å²) in [6, 6.07) is 5.06. The van der Waals surface area contributed by atoms with E-state index in [-0.39, 0.29) is 24.1 Å². The largest absolute Gasteiger partial charge is 0.346 e. The monoisotopic (exact) mass is 300 g/mol. The third-order valence-electron chi connectivity index (χ3n) is 3.57. The summed E-state index contributed by atoms with van der Waals surface area (Å²) in [6.45, 7) is 7.34. The minimum atomic E-state index is -0.278. The molecule has 0 bridgehead atoms. The smallest absolute Gasteiger partial charge is 0.267 e. The minimum absolute atomic E-state index is 0.101. The van der Waals surface area contributed by atoms with Crippen molar-refractivity contribution in [1.29, 1.82) is 0 Å². The van der Waals surface area contributed by atoms with E-state index in [4.69, 9.17) is 0 Å². The molecule has 2 aromatic rings. The highest BCUT2D eigenvalue weighted by molar-refractivity contribution is 5.76. The normalized spacial score (nSPS) is 12.0. The Kier molecular flexibility index (Phi) is 4.70. The zero-order chi connectivity index (χ0) is 16.3. The fourth-order valence-electron chi connectivity index (χ4n) is 2.23. The second kappa shape index (κ2) is 6.51. The molecule has 0 saturated heterocycles. The van der Waals surface area contributed by atoms with Crippen molar-refractivity contribution in [3.63, 3.8) is 0 Å². The molecule has 0 radical (unpaired) electrons. The summed E-state index contributed by atoms with van der Waals surface area (Å²) in [6.07, 6.45) is 1.69. The number of rotatable bonds is 4. The Morgan fingerprint density at radius 3 is 2.73 bits per heavy atom. The maximum atomic E-state index is 12.1. The van der Waals surface area contributed by atoms with Crippen molar-refractivity contribution in [3.8, 4) is 0 Å². The van der Waals surface area contributed by atoms with Crippen LogP contribution in [0.2, 0.25) is 0 Å². The van der Waals surface area contributed by atoms with E-state index in [0.29, 0.717) is 0 Å². The molecule has 1 atom stereocenters. The lowest BCUT2D eigenvalue weighted by Gasteiger charge is -2.15. The Labute approximate surface area is 129 Å². The highest BCUT2D eigenvalue weighted by atomic mass is 16.2. The molecular weight excluding hydrogens is 280 g/mol. The lowest BCUT2D eigenvalue weighted by molar-refractivity contribution is -0.122. The molecular formula is C16H20N4O2. The first kappa shape index (κ1) is 15.9. The fourth-order valence-corrected chi connectivity index (χ4v) is 2.23. The number of nitrogens with zero attached hydrogens (tertiary/aromatic N) is 3. The van der Waals surface area contributed by atoms with Crippen LogP contribution in [-0.2, 0) is 11.3 Å². The number of pyridine rings is 1. The summed E-state index contributed by atoms with van der Waals surface area (Å²) in [5.74, 6) is -0.268. The third-order valence-corrected chi connectivity index (χ3v) is 3.57. The molecule has 1 amide bonds. The summed E-state index contributed by atoms with van der Waals surface area (Å²) in [7, 11) is 0. The van der Waals surface area contributed by atoms with Crippen molar-refractivity contribution in [2.45, 2.75) is 40.3 Å². The van der Waals surface area contributed by atoms with Crippen LogP contribution in [0.3, 0.4) is 0 Å². The molecule has 116 valence electrons. The van der Waals surface area contributed by atoms with E-state index in [1.807, 2.05) is 39.8 Å². The van der Waals surface area contributed by atoms with Crippen LogP contribution in [0.5, 0.6) is 0 Å². The van der Waals surface area contributed by atoms with Crippen LogP contribution in [0.15, 0.2) is 29.2 Å². The molecule has 0 aromatic carbocycles. The van der Waals surface area contributed by atoms with Crippen molar-refractivity contribution >= 4 is 5.91 Å². The maximum absolute atomic E-state index is 12.1. The van der Waals surface area contributed by atoms with Gasteiger partial charge in [-0.25, -0.2) is 4.68 Å². The van der Waals surface area contributed by atoms with Gasteiger partial charge in [0.25, 0.3) is 5.56 Å². The average molecular weight is 300 g/mol. The molecule has 0 aliphatic heterocycles. The van der Waals surface area contributed by atoms with E-state index in [0.717, 1.165) is 22.5 Å². The van der Waals surface area contributed by atoms with Crippen molar-refractivity contribution in [1.82, 2.24) is 20.1 Å². The minimum Gasteiger partial charge on any atom is -0.346 e. The fraction of sp³-hybridized carbons (Fsp3) is 0.375. The molecule has 6 nitrogen and oxygen atoms in total. The SMILES string of the molecule is Cc1cc(=O)n(CC(=O)NC(C)c2ncccc2C)nc1C. The van der Waals surface area contributed by atoms with Crippen molar-refractivity contribution in [3.05, 3.63) is 57.3 Å². The van der Waals surface area contributed by atoms with Gasteiger partial charge in [0, 0.05) is 12.3 Å². The van der Waals surface area contributed by atoms with Crippen LogP contribution < -0.4 is 10.9 Å². The molecule has 0 fully saturated rings. The molecule has 1 unspecified atom stereocenters.